The molecule has 1 rings (SSSR count). The van der Waals surface area contributed by atoms with Crippen molar-refractivity contribution in [2.45, 2.75) is 51.7 Å². The van der Waals surface area contributed by atoms with Crippen LogP contribution in [0.3, 0.4) is 0 Å². The van der Waals surface area contributed by atoms with Gasteiger partial charge in [0.25, 0.3) is 0 Å². The summed E-state index contributed by atoms with van der Waals surface area (Å²) < 4.78 is 1.67. The van der Waals surface area contributed by atoms with E-state index in [1.54, 1.807) is 16.3 Å². The van der Waals surface area contributed by atoms with Crippen LogP contribution in [0.4, 0.5) is 0 Å². The zero-order chi connectivity index (χ0) is 13.6. The van der Waals surface area contributed by atoms with Gasteiger partial charge in [-0.05, 0) is 33.1 Å². The molecule has 1 N–H and O–H groups in total. The Bertz CT molecular complexity index is 469. The van der Waals surface area contributed by atoms with E-state index < -0.39 is 0 Å². The average Bonchev–Trinajstić information content (AvgIpc) is 2.68. The molecule has 0 fully saturated rings. The molecule has 0 saturated heterocycles. The minimum Gasteiger partial charge on any atom is -0.270 e. The van der Waals surface area contributed by atoms with Gasteiger partial charge in [0.15, 0.2) is 5.16 Å². The van der Waals surface area contributed by atoms with Gasteiger partial charge in [-0.3, -0.25) is 4.57 Å². The molecule has 0 amide bonds. The molecule has 1 aromatic heterocycles. The van der Waals surface area contributed by atoms with Crippen LogP contribution in [-0.2, 0) is 6.54 Å². The highest BCUT2D eigenvalue weighted by Gasteiger charge is 2.16. The van der Waals surface area contributed by atoms with Crippen molar-refractivity contribution in [2.75, 3.05) is 5.75 Å². The molecule has 0 radical (unpaired) electrons. The Kier molecular flexibility index (Phi) is 5.48. The minimum atomic E-state index is -0.269. The number of thioether (sulfide) groups is 1. The standard InChI is InChI=1S/C12H20N4OS/c1-4-7-16-10(17)14-15-11(16)18-8-5-6-12(2,3)9-13/h4-8H2,1-3H3,(H,14,17). The van der Waals surface area contributed by atoms with Crippen molar-refractivity contribution in [1.29, 1.82) is 5.26 Å². The predicted molar refractivity (Wildman–Crippen MR) is 72.5 cm³/mol. The summed E-state index contributed by atoms with van der Waals surface area (Å²) in [5, 5.41) is 16.1. The normalized spacial score (nSPS) is 11.4. The van der Waals surface area contributed by atoms with Crippen molar-refractivity contribution in [3.8, 4) is 6.07 Å². The third-order valence-corrected chi connectivity index (χ3v) is 3.71. The lowest BCUT2D eigenvalue weighted by atomic mass is 9.90. The fraction of sp³-hybridized carbons (Fsp3) is 0.750. The lowest BCUT2D eigenvalue weighted by Crippen LogP contribution is -2.17. The first-order valence-corrected chi connectivity index (χ1v) is 7.18. The first-order valence-electron chi connectivity index (χ1n) is 6.19. The first-order chi connectivity index (χ1) is 8.50. The maximum Gasteiger partial charge on any atom is 0.343 e. The highest BCUT2D eigenvalue weighted by Crippen LogP contribution is 2.23. The van der Waals surface area contributed by atoms with E-state index in [0.717, 1.165) is 30.2 Å². The Morgan fingerprint density at radius 1 is 1.56 bits per heavy atom. The van der Waals surface area contributed by atoms with E-state index in [1.165, 1.54) is 0 Å². The maximum atomic E-state index is 11.5. The smallest absolute Gasteiger partial charge is 0.270 e. The summed E-state index contributed by atoms with van der Waals surface area (Å²) in [7, 11) is 0. The van der Waals surface area contributed by atoms with Gasteiger partial charge in [-0.1, -0.05) is 18.7 Å². The van der Waals surface area contributed by atoms with Gasteiger partial charge in [0.2, 0.25) is 0 Å². The third kappa shape index (κ3) is 4.22. The lowest BCUT2D eigenvalue weighted by molar-refractivity contribution is 0.447. The first kappa shape index (κ1) is 14.8. The maximum absolute atomic E-state index is 11.5. The molecule has 0 atom stereocenters. The second kappa shape index (κ2) is 6.64. The lowest BCUT2D eigenvalue weighted by Gasteiger charge is -2.13. The second-order valence-electron chi connectivity index (χ2n) is 4.91. The van der Waals surface area contributed by atoms with Gasteiger partial charge in [0.05, 0.1) is 11.5 Å². The number of aromatic amines is 1. The molecule has 0 aliphatic carbocycles. The zero-order valence-corrected chi connectivity index (χ0v) is 12.0. The molecule has 0 aliphatic heterocycles. The number of hydrogen-bond acceptors (Lipinski definition) is 4. The molecule has 0 aliphatic rings. The molecule has 100 valence electrons. The number of nitrogens with zero attached hydrogens (tertiary/aromatic N) is 3. The van der Waals surface area contributed by atoms with Crippen molar-refractivity contribution in [3.63, 3.8) is 0 Å². The molecular weight excluding hydrogens is 248 g/mol. The summed E-state index contributed by atoms with van der Waals surface area (Å²) in [6.45, 7) is 6.61. The molecule has 6 heteroatoms. The van der Waals surface area contributed by atoms with Gasteiger partial charge >= 0.3 is 5.69 Å². The van der Waals surface area contributed by atoms with E-state index in [4.69, 9.17) is 5.26 Å². The van der Waals surface area contributed by atoms with Gasteiger partial charge in [0.1, 0.15) is 0 Å². The minimum absolute atomic E-state index is 0.142. The SMILES string of the molecule is CCCn1c(SCCCC(C)(C)C#N)n[nH]c1=O. The summed E-state index contributed by atoms with van der Waals surface area (Å²) in [4.78, 5) is 11.5. The monoisotopic (exact) mass is 268 g/mol. The molecular formula is C12H20N4OS. The molecule has 5 nitrogen and oxygen atoms in total. The fourth-order valence-electron chi connectivity index (χ4n) is 1.57. The number of nitrogens with one attached hydrogen (secondary N) is 1. The van der Waals surface area contributed by atoms with Crippen LogP contribution in [0.2, 0.25) is 0 Å². The zero-order valence-electron chi connectivity index (χ0n) is 11.2. The van der Waals surface area contributed by atoms with Crippen molar-refractivity contribution in [2.24, 2.45) is 5.41 Å². The number of rotatable bonds is 7. The summed E-state index contributed by atoms with van der Waals surface area (Å²) >= 11 is 1.57. The van der Waals surface area contributed by atoms with Crippen molar-refractivity contribution in [1.82, 2.24) is 14.8 Å². The molecule has 0 spiro atoms. The number of aromatic nitrogens is 3. The van der Waals surface area contributed by atoms with Crippen LogP contribution >= 0.6 is 11.8 Å². The van der Waals surface area contributed by atoms with Crippen LogP contribution in [0.25, 0.3) is 0 Å². The van der Waals surface area contributed by atoms with Crippen LogP contribution in [-0.4, -0.2) is 20.5 Å². The summed E-state index contributed by atoms with van der Waals surface area (Å²) in [5.41, 5.74) is -0.411. The molecule has 0 saturated carbocycles. The van der Waals surface area contributed by atoms with Crippen LogP contribution in [0, 0.1) is 16.7 Å². The van der Waals surface area contributed by atoms with Crippen LogP contribution in [0.1, 0.15) is 40.0 Å². The number of nitriles is 1. The highest BCUT2D eigenvalue weighted by molar-refractivity contribution is 7.99. The van der Waals surface area contributed by atoms with Crippen molar-refractivity contribution < 1.29 is 0 Å². The predicted octanol–water partition coefficient (Wildman–Crippen LogP) is 2.40. The fourth-order valence-corrected chi connectivity index (χ4v) is 2.48. The van der Waals surface area contributed by atoms with Gasteiger partial charge in [0, 0.05) is 12.3 Å². The molecule has 1 heterocycles. The second-order valence-corrected chi connectivity index (χ2v) is 5.97. The quantitative estimate of drug-likeness (QED) is 0.608. The average molecular weight is 268 g/mol. The van der Waals surface area contributed by atoms with Crippen LogP contribution < -0.4 is 5.69 Å². The Morgan fingerprint density at radius 2 is 2.28 bits per heavy atom. The van der Waals surface area contributed by atoms with Crippen molar-refractivity contribution >= 4 is 11.8 Å². The van der Waals surface area contributed by atoms with E-state index in [2.05, 4.69) is 16.3 Å². The molecule has 18 heavy (non-hydrogen) atoms. The van der Waals surface area contributed by atoms with Crippen LogP contribution in [0.15, 0.2) is 9.95 Å². The Hall–Kier alpha value is -1.22. The Labute approximate surface area is 112 Å². The van der Waals surface area contributed by atoms with Gasteiger partial charge in [-0.25, -0.2) is 9.89 Å². The summed E-state index contributed by atoms with van der Waals surface area (Å²) in [6, 6.07) is 2.29. The van der Waals surface area contributed by atoms with E-state index in [0.29, 0.717) is 6.54 Å². The third-order valence-electron chi connectivity index (χ3n) is 2.65. The molecule has 0 aromatic carbocycles. The van der Waals surface area contributed by atoms with E-state index in [1.807, 2.05) is 20.8 Å². The molecule has 1 aromatic rings. The van der Waals surface area contributed by atoms with E-state index in [9.17, 15) is 4.79 Å². The van der Waals surface area contributed by atoms with Crippen molar-refractivity contribution in [3.05, 3.63) is 10.5 Å². The summed E-state index contributed by atoms with van der Waals surface area (Å²) in [5.74, 6) is 0.874. The van der Waals surface area contributed by atoms with Gasteiger partial charge < -0.3 is 0 Å². The van der Waals surface area contributed by atoms with E-state index in [-0.39, 0.29) is 11.1 Å². The number of H-pyrrole nitrogens is 1. The van der Waals surface area contributed by atoms with Gasteiger partial charge in [-0.2, -0.15) is 5.26 Å². The molecule has 0 bridgehead atoms. The molecule has 0 unspecified atom stereocenters. The Balaban J connectivity index is 2.45. The number of hydrogen-bond donors (Lipinski definition) is 1. The van der Waals surface area contributed by atoms with Crippen LogP contribution in [0.5, 0.6) is 0 Å². The largest absolute Gasteiger partial charge is 0.343 e. The van der Waals surface area contributed by atoms with Gasteiger partial charge in [-0.15, -0.1) is 5.10 Å². The Morgan fingerprint density at radius 3 is 2.89 bits per heavy atom. The highest BCUT2D eigenvalue weighted by atomic mass is 32.2. The topological polar surface area (TPSA) is 74.5 Å². The summed E-state index contributed by atoms with van der Waals surface area (Å²) in [6.07, 6.45) is 2.71. The van der Waals surface area contributed by atoms with E-state index >= 15 is 0 Å².